The summed E-state index contributed by atoms with van der Waals surface area (Å²) < 4.78 is 14.6. The lowest BCUT2D eigenvalue weighted by Crippen LogP contribution is -2.13. The molecule has 0 saturated carbocycles. The van der Waals surface area contributed by atoms with Crippen molar-refractivity contribution in [2.24, 2.45) is 0 Å². The zero-order chi connectivity index (χ0) is 14.7. The molecular weight excluding hydrogens is 323 g/mol. The van der Waals surface area contributed by atoms with E-state index < -0.39 is 11.7 Å². The van der Waals surface area contributed by atoms with Gasteiger partial charge in [-0.15, -0.1) is 0 Å². The Morgan fingerprint density at radius 2 is 2.05 bits per heavy atom. The topological polar surface area (TPSA) is 52.9 Å². The van der Waals surface area contributed by atoms with Gasteiger partial charge in [0.05, 0.1) is 17.3 Å². The minimum Gasteiger partial charge on any atom is -0.319 e. The van der Waals surface area contributed by atoms with Crippen molar-refractivity contribution < 1.29 is 9.18 Å². The number of carbonyl (C=O) groups excluding carboxylic acids is 1. The summed E-state index contributed by atoms with van der Waals surface area (Å²) >= 11 is 3.35. The van der Waals surface area contributed by atoms with Crippen molar-refractivity contribution in [2.75, 3.05) is 5.32 Å². The van der Waals surface area contributed by atoms with Gasteiger partial charge in [-0.05, 0) is 48.9 Å². The average Bonchev–Trinajstić information content (AvgIpc) is 2.43. The van der Waals surface area contributed by atoms with Gasteiger partial charge in [0.1, 0.15) is 5.82 Å². The minimum absolute atomic E-state index is 0.0505. The third-order valence-corrected chi connectivity index (χ3v) is 3.66. The first-order chi connectivity index (χ1) is 9.51. The predicted molar refractivity (Wildman–Crippen MR) is 77.9 cm³/mol. The normalized spacial score (nSPS) is 9.90. The van der Waals surface area contributed by atoms with E-state index in [9.17, 15) is 9.18 Å². The van der Waals surface area contributed by atoms with E-state index in [1.165, 1.54) is 12.1 Å². The number of aryl methyl sites for hydroxylation is 1. The number of nitrogens with one attached hydrogen (secondary N) is 1. The maximum atomic E-state index is 13.7. The third-order valence-electron chi connectivity index (χ3n) is 2.77. The SMILES string of the molecule is Cc1cc(C(=O)Nc2ccc(C#N)cc2F)ccc1Br. The molecule has 5 heteroatoms. The van der Waals surface area contributed by atoms with Gasteiger partial charge in [-0.2, -0.15) is 5.26 Å². The molecule has 2 aromatic rings. The van der Waals surface area contributed by atoms with Crippen LogP contribution in [0.4, 0.5) is 10.1 Å². The molecule has 0 unspecified atom stereocenters. The Hall–Kier alpha value is -2.19. The zero-order valence-electron chi connectivity index (χ0n) is 10.6. The Kier molecular flexibility index (Phi) is 4.16. The summed E-state index contributed by atoms with van der Waals surface area (Å²) in [4.78, 5) is 12.0. The molecular formula is C15H10BrFN2O. The largest absolute Gasteiger partial charge is 0.319 e. The van der Waals surface area contributed by atoms with Crippen molar-refractivity contribution in [2.45, 2.75) is 6.92 Å². The highest BCUT2D eigenvalue weighted by Crippen LogP contribution is 2.19. The molecule has 0 aromatic heterocycles. The van der Waals surface area contributed by atoms with Crippen LogP contribution in [0, 0.1) is 24.1 Å². The maximum Gasteiger partial charge on any atom is 0.255 e. The molecule has 20 heavy (non-hydrogen) atoms. The molecule has 0 heterocycles. The van der Waals surface area contributed by atoms with Crippen molar-refractivity contribution in [3.8, 4) is 6.07 Å². The van der Waals surface area contributed by atoms with Gasteiger partial charge in [-0.25, -0.2) is 4.39 Å². The Bertz CT molecular complexity index is 722. The molecule has 100 valence electrons. The van der Waals surface area contributed by atoms with Gasteiger partial charge < -0.3 is 5.32 Å². The Morgan fingerprint density at radius 1 is 1.30 bits per heavy atom. The fourth-order valence-corrected chi connectivity index (χ4v) is 1.91. The smallest absolute Gasteiger partial charge is 0.255 e. The Morgan fingerprint density at radius 3 is 2.65 bits per heavy atom. The van der Waals surface area contributed by atoms with E-state index in [0.29, 0.717) is 5.56 Å². The summed E-state index contributed by atoms with van der Waals surface area (Å²) in [5, 5.41) is 11.1. The molecule has 0 radical (unpaired) electrons. The zero-order valence-corrected chi connectivity index (χ0v) is 12.2. The molecule has 0 spiro atoms. The number of hydrogen-bond acceptors (Lipinski definition) is 2. The molecule has 0 aliphatic heterocycles. The van der Waals surface area contributed by atoms with Gasteiger partial charge in [0.15, 0.2) is 0 Å². The number of hydrogen-bond donors (Lipinski definition) is 1. The van der Waals surface area contributed by atoms with Crippen LogP contribution in [0.2, 0.25) is 0 Å². The number of rotatable bonds is 2. The lowest BCUT2D eigenvalue weighted by molar-refractivity contribution is 0.102. The van der Waals surface area contributed by atoms with Gasteiger partial charge in [0, 0.05) is 10.0 Å². The maximum absolute atomic E-state index is 13.7. The van der Waals surface area contributed by atoms with Crippen LogP contribution in [-0.2, 0) is 0 Å². The number of amides is 1. The van der Waals surface area contributed by atoms with Crippen LogP contribution < -0.4 is 5.32 Å². The summed E-state index contributed by atoms with van der Waals surface area (Å²) in [6, 6.07) is 10.9. The van der Waals surface area contributed by atoms with Crippen molar-refractivity contribution in [1.82, 2.24) is 0 Å². The van der Waals surface area contributed by atoms with Crippen LogP contribution in [0.15, 0.2) is 40.9 Å². The van der Waals surface area contributed by atoms with E-state index in [1.807, 2.05) is 13.0 Å². The van der Waals surface area contributed by atoms with Crippen molar-refractivity contribution >= 4 is 27.5 Å². The van der Waals surface area contributed by atoms with Crippen molar-refractivity contribution in [1.29, 1.82) is 5.26 Å². The molecule has 2 rings (SSSR count). The first kappa shape index (κ1) is 14.2. The first-order valence-corrected chi connectivity index (χ1v) is 6.57. The van der Waals surface area contributed by atoms with Crippen molar-refractivity contribution in [3.05, 3.63) is 63.4 Å². The van der Waals surface area contributed by atoms with Crippen LogP contribution in [-0.4, -0.2) is 5.91 Å². The van der Waals surface area contributed by atoms with Gasteiger partial charge in [0.25, 0.3) is 5.91 Å². The minimum atomic E-state index is -0.633. The van der Waals surface area contributed by atoms with E-state index >= 15 is 0 Å². The molecule has 0 saturated heterocycles. The summed E-state index contributed by atoms with van der Waals surface area (Å²) in [7, 11) is 0. The van der Waals surface area contributed by atoms with Gasteiger partial charge in [0.2, 0.25) is 0 Å². The molecule has 0 fully saturated rings. The number of nitriles is 1. The number of carbonyl (C=O) groups is 1. The monoisotopic (exact) mass is 332 g/mol. The molecule has 0 atom stereocenters. The molecule has 2 aromatic carbocycles. The van der Waals surface area contributed by atoms with E-state index in [2.05, 4.69) is 21.2 Å². The number of benzene rings is 2. The fraction of sp³-hybridized carbons (Fsp3) is 0.0667. The molecule has 0 aliphatic carbocycles. The van der Waals surface area contributed by atoms with Crippen LogP contribution in [0.5, 0.6) is 0 Å². The number of anilines is 1. The lowest BCUT2D eigenvalue weighted by Gasteiger charge is -2.08. The van der Waals surface area contributed by atoms with Crippen molar-refractivity contribution in [3.63, 3.8) is 0 Å². The second-order valence-electron chi connectivity index (χ2n) is 4.22. The Labute approximate surface area is 124 Å². The molecule has 3 nitrogen and oxygen atoms in total. The first-order valence-electron chi connectivity index (χ1n) is 5.78. The van der Waals surface area contributed by atoms with Gasteiger partial charge in [-0.3, -0.25) is 4.79 Å². The lowest BCUT2D eigenvalue weighted by atomic mass is 10.1. The van der Waals surface area contributed by atoms with Crippen LogP contribution >= 0.6 is 15.9 Å². The second-order valence-corrected chi connectivity index (χ2v) is 5.08. The number of halogens is 2. The highest BCUT2D eigenvalue weighted by molar-refractivity contribution is 9.10. The molecule has 1 N–H and O–H groups in total. The van der Waals surface area contributed by atoms with E-state index in [1.54, 1.807) is 18.2 Å². The second kappa shape index (κ2) is 5.85. The van der Waals surface area contributed by atoms with E-state index in [-0.39, 0.29) is 11.3 Å². The number of nitrogens with zero attached hydrogens (tertiary/aromatic N) is 1. The highest BCUT2D eigenvalue weighted by Gasteiger charge is 2.10. The summed E-state index contributed by atoms with van der Waals surface area (Å²) in [5.74, 6) is -1.03. The molecule has 0 aliphatic rings. The van der Waals surface area contributed by atoms with Crippen LogP contribution in [0.3, 0.4) is 0 Å². The predicted octanol–water partition coefficient (Wildman–Crippen LogP) is 4.02. The average molecular weight is 333 g/mol. The van der Waals surface area contributed by atoms with Crippen LogP contribution in [0.1, 0.15) is 21.5 Å². The third kappa shape index (κ3) is 3.03. The van der Waals surface area contributed by atoms with Crippen LogP contribution in [0.25, 0.3) is 0 Å². The van der Waals surface area contributed by atoms with E-state index in [0.717, 1.165) is 16.1 Å². The quantitative estimate of drug-likeness (QED) is 0.902. The highest BCUT2D eigenvalue weighted by atomic mass is 79.9. The summed E-state index contributed by atoms with van der Waals surface area (Å²) in [6.07, 6.45) is 0. The van der Waals surface area contributed by atoms with E-state index in [4.69, 9.17) is 5.26 Å². The summed E-state index contributed by atoms with van der Waals surface area (Å²) in [6.45, 7) is 1.86. The summed E-state index contributed by atoms with van der Waals surface area (Å²) in [5.41, 5.74) is 1.61. The Balaban J connectivity index is 2.23. The standard InChI is InChI=1S/C15H10BrFN2O/c1-9-6-11(3-4-12(9)16)15(20)19-14-5-2-10(8-18)7-13(14)17/h2-7H,1H3,(H,19,20). The molecule has 1 amide bonds. The van der Waals surface area contributed by atoms with Gasteiger partial charge in [-0.1, -0.05) is 15.9 Å². The van der Waals surface area contributed by atoms with Gasteiger partial charge >= 0.3 is 0 Å². The fourth-order valence-electron chi connectivity index (χ4n) is 1.67. The molecule has 0 bridgehead atoms.